The molecule has 25 heavy (non-hydrogen) atoms. The van der Waals surface area contributed by atoms with E-state index in [0.717, 1.165) is 28.2 Å². The van der Waals surface area contributed by atoms with Crippen LogP contribution in [0.4, 0.5) is 5.82 Å². The molecule has 3 heterocycles. The van der Waals surface area contributed by atoms with Crippen molar-refractivity contribution in [3.63, 3.8) is 0 Å². The van der Waals surface area contributed by atoms with Crippen molar-refractivity contribution in [2.45, 2.75) is 0 Å². The fourth-order valence-corrected chi connectivity index (χ4v) is 2.96. The Hall–Kier alpha value is -3.46. The summed E-state index contributed by atoms with van der Waals surface area (Å²) in [5.74, 6) is 2.35. The van der Waals surface area contributed by atoms with Gasteiger partial charge in [-0.2, -0.15) is 5.26 Å². The zero-order valence-electron chi connectivity index (χ0n) is 14.1. The Morgan fingerprint density at radius 3 is 2.76 bits per heavy atom. The van der Waals surface area contributed by atoms with E-state index in [-0.39, 0.29) is 0 Å². The summed E-state index contributed by atoms with van der Waals surface area (Å²) in [6.07, 6.45) is 1.85. The number of aromatic nitrogens is 2. The maximum Gasteiger partial charge on any atom is 0.157 e. The summed E-state index contributed by atoms with van der Waals surface area (Å²) < 4.78 is 13.2. The highest BCUT2D eigenvalue weighted by molar-refractivity contribution is 5.86. The fourth-order valence-electron chi connectivity index (χ4n) is 2.96. The number of hydrogen-bond donors (Lipinski definition) is 0. The van der Waals surface area contributed by atoms with E-state index in [4.69, 9.17) is 19.4 Å². The Kier molecular flexibility index (Phi) is 3.36. The summed E-state index contributed by atoms with van der Waals surface area (Å²) in [6, 6.07) is 13.3. The van der Waals surface area contributed by atoms with E-state index in [1.807, 2.05) is 53.9 Å². The van der Waals surface area contributed by atoms with Gasteiger partial charge in [0.25, 0.3) is 0 Å². The quantitative estimate of drug-likeness (QED) is 0.572. The Balaban J connectivity index is 1.96. The second-order valence-corrected chi connectivity index (χ2v) is 5.95. The lowest BCUT2D eigenvalue weighted by atomic mass is 10.2. The third-order valence-corrected chi connectivity index (χ3v) is 4.11. The van der Waals surface area contributed by atoms with Crippen molar-refractivity contribution >= 4 is 22.4 Å². The molecule has 0 aliphatic rings. The zero-order valence-corrected chi connectivity index (χ0v) is 14.1. The predicted octanol–water partition coefficient (Wildman–Crippen LogP) is 3.69. The molecule has 6 nitrogen and oxygen atoms in total. The number of rotatable bonds is 3. The smallest absolute Gasteiger partial charge is 0.157 e. The van der Waals surface area contributed by atoms with Gasteiger partial charge >= 0.3 is 0 Å². The van der Waals surface area contributed by atoms with Gasteiger partial charge in [0, 0.05) is 25.7 Å². The number of pyridine rings is 1. The van der Waals surface area contributed by atoms with Gasteiger partial charge in [-0.3, -0.25) is 4.40 Å². The number of benzene rings is 1. The van der Waals surface area contributed by atoms with Crippen LogP contribution in [0.15, 0.2) is 47.0 Å². The van der Waals surface area contributed by atoms with E-state index in [0.29, 0.717) is 17.0 Å². The standard InChI is InChI=1S/C19H16N4O2/c1-22(2)19-18(21-17-8-12(11-20)6-7-23(17)19)16-10-13-9-14(24-3)4-5-15(13)25-16/h4-10H,1-3H3. The number of furan rings is 1. The van der Waals surface area contributed by atoms with Crippen molar-refractivity contribution in [1.29, 1.82) is 5.26 Å². The molecule has 0 bridgehead atoms. The van der Waals surface area contributed by atoms with Gasteiger partial charge in [-0.15, -0.1) is 0 Å². The highest BCUT2D eigenvalue weighted by Crippen LogP contribution is 2.35. The van der Waals surface area contributed by atoms with Crippen molar-refractivity contribution in [2.24, 2.45) is 0 Å². The molecule has 0 aliphatic heterocycles. The minimum atomic E-state index is 0.573. The molecule has 0 unspecified atom stereocenters. The van der Waals surface area contributed by atoms with Crippen LogP contribution in [-0.4, -0.2) is 30.6 Å². The highest BCUT2D eigenvalue weighted by atomic mass is 16.5. The van der Waals surface area contributed by atoms with Crippen molar-refractivity contribution in [3.05, 3.63) is 48.2 Å². The minimum Gasteiger partial charge on any atom is -0.497 e. The average molecular weight is 332 g/mol. The Labute approximate surface area is 144 Å². The Bertz CT molecular complexity index is 1130. The molecule has 0 atom stereocenters. The average Bonchev–Trinajstić information content (AvgIpc) is 3.20. The second kappa shape index (κ2) is 5.56. The molecule has 0 aliphatic carbocycles. The van der Waals surface area contributed by atoms with Crippen LogP contribution >= 0.6 is 0 Å². The van der Waals surface area contributed by atoms with E-state index in [1.54, 1.807) is 19.2 Å². The van der Waals surface area contributed by atoms with Crippen LogP contribution in [0.1, 0.15) is 5.56 Å². The van der Waals surface area contributed by atoms with E-state index in [2.05, 4.69) is 6.07 Å². The molecule has 3 aromatic heterocycles. The summed E-state index contributed by atoms with van der Waals surface area (Å²) >= 11 is 0. The van der Waals surface area contributed by atoms with Crippen LogP contribution in [-0.2, 0) is 0 Å². The number of imidazole rings is 1. The maximum atomic E-state index is 9.12. The van der Waals surface area contributed by atoms with Crippen molar-refractivity contribution in [1.82, 2.24) is 9.38 Å². The molecule has 0 fully saturated rings. The molecule has 4 aromatic rings. The van der Waals surface area contributed by atoms with Crippen molar-refractivity contribution in [3.8, 4) is 23.3 Å². The molecular formula is C19H16N4O2. The van der Waals surface area contributed by atoms with E-state index < -0.39 is 0 Å². The number of methoxy groups -OCH3 is 1. The topological polar surface area (TPSA) is 66.7 Å². The molecular weight excluding hydrogens is 316 g/mol. The molecule has 124 valence electrons. The first-order valence-corrected chi connectivity index (χ1v) is 7.78. The summed E-state index contributed by atoms with van der Waals surface area (Å²) in [5.41, 5.74) is 2.78. The van der Waals surface area contributed by atoms with Crippen molar-refractivity contribution in [2.75, 3.05) is 26.1 Å². The Morgan fingerprint density at radius 2 is 2.04 bits per heavy atom. The van der Waals surface area contributed by atoms with Crippen LogP contribution in [0, 0.1) is 11.3 Å². The molecule has 6 heteroatoms. The molecule has 0 amide bonds. The molecule has 0 N–H and O–H groups in total. The molecule has 0 saturated heterocycles. The van der Waals surface area contributed by atoms with E-state index in [9.17, 15) is 0 Å². The summed E-state index contributed by atoms with van der Waals surface area (Å²) in [4.78, 5) is 6.68. The minimum absolute atomic E-state index is 0.573. The van der Waals surface area contributed by atoms with Crippen LogP contribution in [0.25, 0.3) is 28.1 Å². The van der Waals surface area contributed by atoms with Crippen LogP contribution in [0.5, 0.6) is 5.75 Å². The first-order chi connectivity index (χ1) is 12.1. The molecule has 0 saturated carbocycles. The number of ether oxygens (including phenoxy) is 1. The van der Waals surface area contributed by atoms with Crippen LogP contribution in [0.3, 0.4) is 0 Å². The summed E-state index contributed by atoms with van der Waals surface area (Å²) in [5, 5.41) is 10.1. The normalized spacial score (nSPS) is 11.0. The first-order valence-electron chi connectivity index (χ1n) is 7.78. The number of nitrogens with zero attached hydrogens (tertiary/aromatic N) is 4. The fraction of sp³-hybridized carbons (Fsp3) is 0.158. The third kappa shape index (κ3) is 2.37. The van der Waals surface area contributed by atoms with Gasteiger partial charge in [0.1, 0.15) is 28.5 Å². The van der Waals surface area contributed by atoms with Gasteiger partial charge in [-0.25, -0.2) is 4.98 Å². The zero-order chi connectivity index (χ0) is 17.6. The van der Waals surface area contributed by atoms with Crippen LogP contribution in [0.2, 0.25) is 0 Å². The SMILES string of the molecule is COc1ccc2oc(-c3nc4cc(C#N)ccn4c3N(C)C)cc2c1. The van der Waals surface area contributed by atoms with Gasteiger partial charge < -0.3 is 14.1 Å². The molecule has 1 aromatic carbocycles. The van der Waals surface area contributed by atoms with Gasteiger partial charge in [-0.1, -0.05) is 0 Å². The molecule has 0 spiro atoms. The molecule has 4 rings (SSSR count). The first kappa shape index (κ1) is 15.1. The lowest BCUT2D eigenvalue weighted by Crippen LogP contribution is -2.12. The maximum absolute atomic E-state index is 9.12. The summed E-state index contributed by atoms with van der Waals surface area (Å²) in [7, 11) is 5.55. The second-order valence-electron chi connectivity index (χ2n) is 5.95. The van der Waals surface area contributed by atoms with Gasteiger partial charge in [0.05, 0.1) is 18.7 Å². The van der Waals surface area contributed by atoms with Gasteiger partial charge in [0.15, 0.2) is 5.76 Å². The van der Waals surface area contributed by atoms with Gasteiger partial charge in [0.2, 0.25) is 0 Å². The van der Waals surface area contributed by atoms with Crippen LogP contribution < -0.4 is 9.64 Å². The lowest BCUT2D eigenvalue weighted by Gasteiger charge is -2.13. The Morgan fingerprint density at radius 1 is 1.20 bits per heavy atom. The number of fused-ring (bicyclic) bond motifs is 2. The highest BCUT2D eigenvalue weighted by Gasteiger charge is 2.19. The monoisotopic (exact) mass is 332 g/mol. The van der Waals surface area contributed by atoms with E-state index in [1.165, 1.54) is 0 Å². The summed E-state index contributed by atoms with van der Waals surface area (Å²) in [6.45, 7) is 0. The predicted molar refractivity (Wildman–Crippen MR) is 96.0 cm³/mol. The number of nitriles is 1. The lowest BCUT2D eigenvalue weighted by molar-refractivity contribution is 0.415. The van der Waals surface area contributed by atoms with Crippen molar-refractivity contribution < 1.29 is 9.15 Å². The molecule has 0 radical (unpaired) electrons. The number of hydrogen-bond acceptors (Lipinski definition) is 5. The third-order valence-electron chi connectivity index (χ3n) is 4.11. The number of anilines is 1. The largest absolute Gasteiger partial charge is 0.497 e. The van der Waals surface area contributed by atoms with E-state index >= 15 is 0 Å². The van der Waals surface area contributed by atoms with Gasteiger partial charge in [-0.05, 0) is 36.4 Å².